The maximum atomic E-state index is 14.0. The smallest absolute Gasteiger partial charge is 0.276 e. The van der Waals surface area contributed by atoms with Gasteiger partial charge in [-0.1, -0.05) is 41.1 Å². The van der Waals surface area contributed by atoms with E-state index in [9.17, 15) is 14.0 Å². The molecule has 5 rings (SSSR count). The van der Waals surface area contributed by atoms with Crippen LogP contribution in [0.5, 0.6) is 0 Å². The number of aromatic nitrogens is 3. The summed E-state index contributed by atoms with van der Waals surface area (Å²) in [5, 5.41) is 8.94. The second-order valence-electron chi connectivity index (χ2n) is 7.98. The monoisotopic (exact) mass is 469 g/mol. The number of fused-ring (bicyclic) bond motifs is 1. The fraction of sp³-hybridized carbons (Fsp3) is 0.304. The van der Waals surface area contributed by atoms with Crippen LogP contribution in [0.2, 0.25) is 5.02 Å². The topological polar surface area (TPSA) is 80.6 Å². The lowest BCUT2D eigenvalue weighted by Crippen LogP contribution is -2.51. The van der Waals surface area contributed by atoms with E-state index in [2.05, 4.69) is 10.3 Å². The maximum Gasteiger partial charge on any atom is 0.276 e. The van der Waals surface area contributed by atoms with E-state index < -0.39 is 5.82 Å². The summed E-state index contributed by atoms with van der Waals surface area (Å²) < 4.78 is 21.6. The molecule has 0 unspecified atom stereocenters. The summed E-state index contributed by atoms with van der Waals surface area (Å²) in [7, 11) is 0. The maximum absolute atomic E-state index is 14.0. The zero-order valence-corrected chi connectivity index (χ0v) is 18.4. The van der Waals surface area contributed by atoms with E-state index in [4.69, 9.17) is 16.3 Å². The Hall–Kier alpha value is -3.30. The largest absolute Gasteiger partial charge is 0.365 e. The average molecular weight is 470 g/mol. The zero-order chi connectivity index (χ0) is 22.9. The van der Waals surface area contributed by atoms with Gasteiger partial charge in [-0.15, -0.1) is 5.10 Å². The minimum atomic E-state index is -0.548. The molecular formula is C23H21ClFN5O3. The summed E-state index contributed by atoms with van der Waals surface area (Å²) in [4.78, 5) is 28.9. The summed E-state index contributed by atoms with van der Waals surface area (Å²) in [5.74, 6) is -1.17. The molecule has 2 aliphatic rings. The van der Waals surface area contributed by atoms with E-state index in [-0.39, 0.29) is 35.8 Å². The average Bonchev–Trinajstić information content (AvgIpc) is 3.27. The lowest BCUT2D eigenvalue weighted by molar-refractivity contribution is -0.00202. The molecule has 0 aliphatic carbocycles. The molecule has 2 aliphatic heterocycles. The molecule has 1 fully saturated rings. The first-order valence-corrected chi connectivity index (χ1v) is 11.0. The molecule has 10 heteroatoms. The van der Waals surface area contributed by atoms with Crippen LogP contribution in [0.25, 0.3) is 0 Å². The number of benzene rings is 2. The summed E-state index contributed by atoms with van der Waals surface area (Å²) in [6.45, 7) is 1.96. The number of halogens is 2. The third-order valence-electron chi connectivity index (χ3n) is 6.00. The van der Waals surface area contributed by atoms with Crippen molar-refractivity contribution >= 4 is 23.4 Å². The Balaban J connectivity index is 1.23. The van der Waals surface area contributed by atoms with Gasteiger partial charge in [0.05, 0.1) is 24.4 Å². The van der Waals surface area contributed by atoms with Gasteiger partial charge in [0.2, 0.25) is 0 Å². The van der Waals surface area contributed by atoms with Crippen LogP contribution in [-0.4, -0.2) is 62.8 Å². The van der Waals surface area contributed by atoms with Crippen LogP contribution < -0.4 is 0 Å². The SMILES string of the molecule is O=C(c1ccccc1F)N1CCN(C(=O)c2nnn3c2CO[C@H](c2ccc(Cl)cc2)C3)CC1. The van der Waals surface area contributed by atoms with Crippen molar-refractivity contribution in [1.29, 1.82) is 0 Å². The number of rotatable bonds is 3. The summed E-state index contributed by atoms with van der Waals surface area (Å²) in [6, 6.07) is 13.3. The van der Waals surface area contributed by atoms with Crippen molar-refractivity contribution < 1.29 is 18.7 Å². The van der Waals surface area contributed by atoms with E-state index in [1.165, 1.54) is 12.1 Å². The molecule has 0 saturated carbocycles. The van der Waals surface area contributed by atoms with Gasteiger partial charge >= 0.3 is 0 Å². The van der Waals surface area contributed by atoms with Gasteiger partial charge in [0.25, 0.3) is 11.8 Å². The fourth-order valence-corrected chi connectivity index (χ4v) is 4.25. The van der Waals surface area contributed by atoms with Crippen LogP contribution in [0.4, 0.5) is 4.39 Å². The number of hydrogen-bond acceptors (Lipinski definition) is 5. The Morgan fingerprint density at radius 2 is 1.64 bits per heavy atom. The number of hydrogen-bond donors (Lipinski definition) is 0. The van der Waals surface area contributed by atoms with Gasteiger partial charge < -0.3 is 14.5 Å². The number of carbonyl (C=O) groups excluding carboxylic acids is 2. The van der Waals surface area contributed by atoms with Crippen molar-refractivity contribution in [1.82, 2.24) is 24.8 Å². The number of amides is 2. The number of piperazine rings is 1. The van der Waals surface area contributed by atoms with E-state index in [0.717, 1.165) is 5.56 Å². The van der Waals surface area contributed by atoms with Crippen LogP contribution in [0.1, 0.15) is 38.2 Å². The first kappa shape index (κ1) is 21.5. The molecule has 1 saturated heterocycles. The first-order chi connectivity index (χ1) is 16.0. The van der Waals surface area contributed by atoms with Crippen LogP contribution in [-0.2, 0) is 17.9 Å². The highest BCUT2D eigenvalue weighted by Gasteiger charge is 2.32. The predicted octanol–water partition coefficient (Wildman–Crippen LogP) is 2.94. The molecule has 170 valence electrons. The Kier molecular flexibility index (Phi) is 5.82. The highest BCUT2D eigenvalue weighted by molar-refractivity contribution is 6.30. The predicted molar refractivity (Wildman–Crippen MR) is 117 cm³/mol. The molecule has 3 heterocycles. The quantitative estimate of drug-likeness (QED) is 0.589. The van der Waals surface area contributed by atoms with Crippen LogP contribution >= 0.6 is 11.6 Å². The summed E-state index contributed by atoms with van der Waals surface area (Å²) in [5.41, 5.74) is 1.91. The van der Waals surface area contributed by atoms with Crippen LogP contribution in [0.3, 0.4) is 0 Å². The van der Waals surface area contributed by atoms with Gasteiger partial charge in [-0.3, -0.25) is 9.59 Å². The molecule has 1 aromatic heterocycles. The second-order valence-corrected chi connectivity index (χ2v) is 8.42. The summed E-state index contributed by atoms with van der Waals surface area (Å²) in [6.07, 6.45) is -0.202. The third kappa shape index (κ3) is 4.21. The van der Waals surface area contributed by atoms with Gasteiger partial charge in [0, 0.05) is 31.2 Å². The molecule has 33 heavy (non-hydrogen) atoms. The van der Waals surface area contributed by atoms with Gasteiger partial charge in [-0.25, -0.2) is 9.07 Å². The standard InChI is InChI=1S/C23H21ClFN5O3/c24-16-7-5-15(6-8-16)20-13-30-19(14-33-20)21(26-27-30)23(32)29-11-9-28(10-12-29)22(31)17-3-1-2-4-18(17)25/h1-8,20H,9-14H2/t20-/m0/s1. The zero-order valence-electron chi connectivity index (χ0n) is 17.7. The molecule has 0 spiro atoms. The van der Waals surface area contributed by atoms with Crippen molar-refractivity contribution in [3.05, 3.63) is 81.9 Å². The van der Waals surface area contributed by atoms with Crippen molar-refractivity contribution in [2.45, 2.75) is 19.3 Å². The first-order valence-electron chi connectivity index (χ1n) is 10.6. The number of carbonyl (C=O) groups is 2. The van der Waals surface area contributed by atoms with E-state index >= 15 is 0 Å². The minimum absolute atomic E-state index is 0.0389. The summed E-state index contributed by atoms with van der Waals surface area (Å²) >= 11 is 5.96. The van der Waals surface area contributed by atoms with Crippen molar-refractivity contribution in [3.8, 4) is 0 Å². The van der Waals surface area contributed by atoms with Gasteiger partial charge in [0.15, 0.2) is 5.69 Å². The normalized spacial score (nSPS) is 18.2. The molecule has 2 aromatic carbocycles. The third-order valence-corrected chi connectivity index (χ3v) is 6.25. The molecule has 1 atom stereocenters. The van der Waals surface area contributed by atoms with E-state index in [1.54, 1.807) is 26.6 Å². The van der Waals surface area contributed by atoms with Crippen LogP contribution in [0.15, 0.2) is 48.5 Å². The van der Waals surface area contributed by atoms with Crippen molar-refractivity contribution in [2.24, 2.45) is 0 Å². The second kappa shape index (κ2) is 8.92. The van der Waals surface area contributed by atoms with Gasteiger partial charge in [-0.2, -0.15) is 0 Å². The lowest BCUT2D eigenvalue weighted by Gasteiger charge is -2.34. The van der Waals surface area contributed by atoms with Crippen molar-refractivity contribution in [3.63, 3.8) is 0 Å². The number of ether oxygens (including phenoxy) is 1. The fourth-order valence-electron chi connectivity index (χ4n) is 4.12. The van der Waals surface area contributed by atoms with E-state index in [1.807, 2.05) is 24.3 Å². The molecule has 8 nitrogen and oxygen atoms in total. The molecule has 2 amide bonds. The lowest BCUT2D eigenvalue weighted by atomic mass is 10.1. The van der Waals surface area contributed by atoms with E-state index in [0.29, 0.717) is 43.4 Å². The molecule has 0 radical (unpaired) electrons. The minimum Gasteiger partial charge on any atom is -0.365 e. The number of nitrogens with zero attached hydrogens (tertiary/aromatic N) is 5. The van der Waals surface area contributed by atoms with Gasteiger partial charge in [-0.05, 0) is 29.8 Å². The van der Waals surface area contributed by atoms with Crippen LogP contribution in [0, 0.1) is 5.82 Å². The highest BCUT2D eigenvalue weighted by atomic mass is 35.5. The molecule has 0 bridgehead atoms. The van der Waals surface area contributed by atoms with Crippen molar-refractivity contribution in [2.75, 3.05) is 26.2 Å². The molecule has 3 aromatic rings. The Labute approximate surface area is 194 Å². The highest BCUT2D eigenvalue weighted by Crippen LogP contribution is 2.28. The Morgan fingerprint density at radius 3 is 2.33 bits per heavy atom. The Morgan fingerprint density at radius 1 is 0.970 bits per heavy atom. The Bertz CT molecular complexity index is 1190. The molecular weight excluding hydrogens is 449 g/mol. The van der Waals surface area contributed by atoms with Gasteiger partial charge in [0.1, 0.15) is 11.9 Å². The molecule has 0 N–H and O–H groups in total.